The monoisotopic (exact) mass is 361 g/mol. The van der Waals surface area contributed by atoms with Crippen molar-refractivity contribution in [3.05, 3.63) is 29.6 Å². The third kappa shape index (κ3) is 2.65. The van der Waals surface area contributed by atoms with E-state index in [1.54, 1.807) is 19.2 Å². The molecular formula is C19H24FN3O3. The molecule has 6 nitrogen and oxygen atoms in total. The van der Waals surface area contributed by atoms with Crippen LogP contribution in [0.5, 0.6) is 5.75 Å². The van der Waals surface area contributed by atoms with Crippen LogP contribution in [0.1, 0.15) is 31.7 Å². The summed E-state index contributed by atoms with van der Waals surface area (Å²) in [5.74, 6) is 0.0652. The van der Waals surface area contributed by atoms with Crippen molar-refractivity contribution in [3.8, 4) is 5.75 Å². The van der Waals surface area contributed by atoms with E-state index in [4.69, 9.17) is 15.2 Å². The zero-order valence-electron chi connectivity index (χ0n) is 15.1. The lowest BCUT2D eigenvalue weighted by Gasteiger charge is -2.47. The lowest BCUT2D eigenvalue weighted by Crippen LogP contribution is -2.60. The molecule has 1 aromatic rings. The van der Waals surface area contributed by atoms with Crippen molar-refractivity contribution >= 4 is 11.9 Å². The zero-order valence-corrected chi connectivity index (χ0v) is 15.1. The van der Waals surface area contributed by atoms with Crippen molar-refractivity contribution in [1.82, 2.24) is 4.90 Å². The second-order valence-electron chi connectivity index (χ2n) is 7.34. The number of rotatable bonds is 4. The van der Waals surface area contributed by atoms with Gasteiger partial charge in [-0.3, -0.25) is 9.69 Å². The molecule has 2 N–H and O–H groups in total. The number of hydrogen-bond donors (Lipinski definition) is 1. The Hall–Kier alpha value is -2.15. The molecule has 2 heterocycles. The molecule has 7 heteroatoms. The van der Waals surface area contributed by atoms with Crippen LogP contribution in [0.15, 0.2) is 23.2 Å². The van der Waals surface area contributed by atoms with Gasteiger partial charge in [-0.15, -0.1) is 0 Å². The van der Waals surface area contributed by atoms with Gasteiger partial charge in [0.25, 0.3) is 0 Å². The maximum absolute atomic E-state index is 14.8. The number of nitrogens with zero attached hydrogens (tertiary/aromatic N) is 2. The van der Waals surface area contributed by atoms with Crippen LogP contribution in [0.4, 0.5) is 4.39 Å². The van der Waals surface area contributed by atoms with Crippen LogP contribution in [-0.4, -0.2) is 43.1 Å². The molecule has 1 amide bonds. The summed E-state index contributed by atoms with van der Waals surface area (Å²) in [4.78, 5) is 19.0. The van der Waals surface area contributed by atoms with Gasteiger partial charge < -0.3 is 15.2 Å². The first-order valence-electron chi connectivity index (χ1n) is 9.13. The zero-order chi connectivity index (χ0) is 18.5. The quantitative estimate of drug-likeness (QED) is 0.890. The molecule has 26 heavy (non-hydrogen) atoms. The number of aliphatic imine (C=N–C) groups is 1. The molecule has 0 spiro atoms. The standard InChI is InChI=1S/C19H24FN3O3/c1-3-25-12-6-7-15(20)13(8-12)19-10-26-16(11-4-5-11)9-14(19)17(24)23(2)18(21)22-19/h6-8,11,14,16H,3-5,9-10H2,1-2H3,(H2,21,22)/t14-,16+,19+/m0/s1. The van der Waals surface area contributed by atoms with Crippen LogP contribution >= 0.6 is 0 Å². The van der Waals surface area contributed by atoms with E-state index in [0.29, 0.717) is 30.3 Å². The summed E-state index contributed by atoms with van der Waals surface area (Å²) in [7, 11) is 1.61. The van der Waals surface area contributed by atoms with Crippen LogP contribution in [0.3, 0.4) is 0 Å². The lowest BCUT2D eigenvalue weighted by molar-refractivity contribution is -0.146. The van der Waals surface area contributed by atoms with Crippen molar-refractivity contribution in [1.29, 1.82) is 0 Å². The molecule has 1 saturated heterocycles. The molecule has 0 bridgehead atoms. The van der Waals surface area contributed by atoms with E-state index in [9.17, 15) is 9.18 Å². The van der Waals surface area contributed by atoms with Gasteiger partial charge in [0.1, 0.15) is 17.1 Å². The highest BCUT2D eigenvalue weighted by Gasteiger charge is 2.56. The number of halogens is 1. The summed E-state index contributed by atoms with van der Waals surface area (Å²) < 4.78 is 26.4. The number of ether oxygens (including phenoxy) is 2. The molecule has 0 unspecified atom stereocenters. The number of amides is 1. The van der Waals surface area contributed by atoms with Gasteiger partial charge in [-0.1, -0.05) is 0 Å². The summed E-state index contributed by atoms with van der Waals surface area (Å²) >= 11 is 0. The van der Waals surface area contributed by atoms with Crippen molar-refractivity contribution < 1.29 is 18.7 Å². The molecule has 4 rings (SSSR count). The number of guanidine groups is 1. The van der Waals surface area contributed by atoms with Gasteiger partial charge in [-0.25, -0.2) is 9.38 Å². The van der Waals surface area contributed by atoms with E-state index < -0.39 is 17.3 Å². The Morgan fingerprint density at radius 3 is 2.92 bits per heavy atom. The third-order valence-electron chi connectivity index (χ3n) is 5.71. The smallest absolute Gasteiger partial charge is 0.235 e. The predicted octanol–water partition coefficient (Wildman–Crippen LogP) is 2.02. The van der Waals surface area contributed by atoms with Crippen LogP contribution in [0, 0.1) is 17.7 Å². The van der Waals surface area contributed by atoms with E-state index in [1.807, 2.05) is 6.92 Å². The molecule has 2 aliphatic heterocycles. The first-order valence-corrected chi connectivity index (χ1v) is 9.13. The Kier molecular flexibility index (Phi) is 4.14. The topological polar surface area (TPSA) is 77.2 Å². The van der Waals surface area contributed by atoms with Gasteiger partial charge in [0, 0.05) is 12.6 Å². The molecule has 1 aromatic carbocycles. The second kappa shape index (κ2) is 6.23. The number of carbonyl (C=O) groups excluding carboxylic acids is 1. The number of fused-ring (bicyclic) bond motifs is 1. The normalized spacial score (nSPS) is 31.4. The minimum absolute atomic E-state index is 0.0261. The fraction of sp³-hybridized carbons (Fsp3) is 0.579. The Morgan fingerprint density at radius 2 is 2.23 bits per heavy atom. The molecule has 2 fully saturated rings. The Morgan fingerprint density at radius 1 is 1.46 bits per heavy atom. The lowest BCUT2D eigenvalue weighted by atomic mass is 9.72. The Bertz CT molecular complexity index is 764. The van der Waals surface area contributed by atoms with Crippen LogP contribution in [-0.2, 0) is 15.1 Å². The van der Waals surface area contributed by atoms with E-state index in [0.717, 1.165) is 12.8 Å². The maximum atomic E-state index is 14.8. The number of carbonyl (C=O) groups is 1. The highest BCUT2D eigenvalue weighted by Crippen LogP contribution is 2.49. The molecular weight excluding hydrogens is 337 g/mol. The molecule has 3 aliphatic rings. The summed E-state index contributed by atoms with van der Waals surface area (Å²) in [6.07, 6.45) is 2.79. The molecule has 1 saturated carbocycles. The van der Waals surface area contributed by atoms with Crippen LogP contribution in [0.25, 0.3) is 0 Å². The highest BCUT2D eigenvalue weighted by atomic mass is 19.1. The molecule has 140 valence electrons. The number of benzene rings is 1. The van der Waals surface area contributed by atoms with Gasteiger partial charge in [-0.05, 0) is 50.3 Å². The van der Waals surface area contributed by atoms with Crippen molar-refractivity contribution in [2.75, 3.05) is 20.3 Å². The summed E-state index contributed by atoms with van der Waals surface area (Å²) in [6, 6.07) is 4.56. The van der Waals surface area contributed by atoms with E-state index in [-0.39, 0.29) is 24.6 Å². The van der Waals surface area contributed by atoms with Gasteiger partial charge in [-0.2, -0.15) is 0 Å². The SMILES string of the molecule is CCOc1ccc(F)c([C@]23CO[C@@H](C4CC4)C[C@H]2C(=O)N(C)C(N)=N3)c1. The first kappa shape index (κ1) is 17.3. The minimum atomic E-state index is -1.14. The van der Waals surface area contributed by atoms with Gasteiger partial charge in [0.2, 0.25) is 5.91 Å². The largest absolute Gasteiger partial charge is 0.494 e. The summed E-state index contributed by atoms with van der Waals surface area (Å²) in [6.45, 7) is 2.48. The Balaban J connectivity index is 1.82. The van der Waals surface area contributed by atoms with Crippen molar-refractivity contribution in [2.45, 2.75) is 37.8 Å². The first-order chi connectivity index (χ1) is 12.5. The van der Waals surface area contributed by atoms with Crippen molar-refractivity contribution in [3.63, 3.8) is 0 Å². The van der Waals surface area contributed by atoms with Crippen LogP contribution < -0.4 is 10.5 Å². The molecule has 1 aliphatic carbocycles. The maximum Gasteiger partial charge on any atom is 0.235 e. The predicted molar refractivity (Wildman–Crippen MR) is 94.2 cm³/mol. The number of nitrogens with two attached hydrogens (primary N) is 1. The minimum Gasteiger partial charge on any atom is -0.494 e. The van der Waals surface area contributed by atoms with E-state index in [2.05, 4.69) is 4.99 Å². The molecule has 0 radical (unpaired) electrons. The molecule has 0 aromatic heterocycles. The van der Waals surface area contributed by atoms with Gasteiger partial charge in [0.15, 0.2) is 5.96 Å². The van der Waals surface area contributed by atoms with Gasteiger partial charge in [0.05, 0.1) is 25.2 Å². The van der Waals surface area contributed by atoms with Gasteiger partial charge >= 0.3 is 0 Å². The average Bonchev–Trinajstić information content (AvgIpc) is 3.46. The van der Waals surface area contributed by atoms with Crippen molar-refractivity contribution in [2.24, 2.45) is 22.6 Å². The number of hydrogen-bond acceptors (Lipinski definition) is 5. The second-order valence-corrected chi connectivity index (χ2v) is 7.34. The Labute approximate surface area is 152 Å². The van der Waals surface area contributed by atoms with E-state index >= 15 is 0 Å². The summed E-state index contributed by atoms with van der Waals surface area (Å²) in [5.41, 5.74) is 5.17. The molecule has 3 atom stereocenters. The highest BCUT2D eigenvalue weighted by molar-refractivity contribution is 6.00. The van der Waals surface area contributed by atoms with Crippen LogP contribution in [0.2, 0.25) is 0 Å². The third-order valence-corrected chi connectivity index (χ3v) is 5.71. The average molecular weight is 361 g/mol. The fourth-order valence-corrected chi connectivity index (χ4v) is 4.09. The fourth-order valence-electron chi connectivity index (χ4n) is 4.09. The van der Waals surface area contributed by atoms with E-state index in [1.165, 1.54) is 11.0 Å². The summed E-state index contributed by atoms with van der Waals surface area (Å²) in [5, 5.41) is 0.